The van der Waals surface area contributed by atoms with Gasteiger partial charge < -0.3 is 10.2 Å². The molecule has 0 rings (SSSR count). The zero-order valence-electron chi connectivity index (χ0n) is 7.97. The summed E-state index contributed by atoms with van der Waals surface area (Å²) in [6, 6.07) is 0. The van der Waals surface area contributed by atoms with E-state index in [-0.39, 0.29) is 13.2 Å². The fourth-order valence-corrected chi connectivity index (χ4v) is 1.18. The van der Waals surface area contributed by atoms with Crippen molar-refractivity contribution in [2.45, 2.75) is 0 Å². The summed E-state index contributed by atoms with van der Waals surface area (Å²) in [7, 11) is -2.01. The van der Waals surface area contributed by atoms with Crippen molar-refractivity contribution in [2.24, 2.45) is 0 Å². The van der Waals surface area contributed by atoms with Crippen LogP contribution in [0.3, 0.4) is 0 Å². The van der Waals surface area contributed by atoms with Crippen LogP contribution in [0, 0.1) is 0 Å². The number of aliphatic carboxylic acids is 2. The van der Waals surface area contributed by atoms with Crippen molar-refractivity contribution in [3.63, 3.8) is 0 Å². The molecule has 0 heterocycles. The molecule has 10 heteroatoms. The molecule has 16 heavy (non-hydrogen) atoms. The van der Waals surface area contributed by atoms with Crippen molar-refractivity contribution < 1.29 is 33.4 Å². The highest BCUT2D eigenvalue weighted by Crippen LogP contribution is 2.22. The minimum atomic E-state index is -2.01. The first-order chi connectivity index (χ1) is 7.45. The van der Waals surface area contributed by atoms with Gasteiger partial charge in [0.1, 0.15) is 13.2 Å². The molecule has 0 aromatic carbocycles. The van der Waals surface area contributed by atoms with Gasteiger partial charge in [0.15, 0.2) is 0 Å². The van der Waals surface area contributed by atoms with Gasteiger partial charge in [-0.05, 0) is 0 Å². The van der Waals surface area contributed by atoms with Gasteiger partial charge in [-0.2, -0.15) is 0 Å². The van der Waals surface area contributed by atoms with Gasteiger partial charge >= 0.3 is 20.2 Å². The Labute approximate surface area is 102 Å². The van der Waals surface area contributed by atoms with E-state index in [0.717, 1.165) is 0 Å². The maximum Gasteiger partial charge on any atom is 0.697 e. The predicted molar refractivity (Wildman–Crippen MR) is 56.2 cm³/mol. The maximum atomic E-state index is 10.5. The average Bonchev–Trinajstić information content (AvgIpc) is 2.24. The summed E-state index contributed by atoms with van der Waals surface area (Å²) >= 11 is 10.5. The first kappa shape index (κ1) is 17.9. The Bertz CT molecular complexity index is 213. The Kier molecular flexibility index (Phi) is 14.1. The Morgan fingerprint density at radius 3 is 1.50 bits per heavy atom. The Balaban J connectivity index is 0. The molecule has 0 aromatic rings. The van der Waals surface area contributed by atoms with E-state index in [0.29, 0.717) is 11.8 Å². The van der Waals surface area contributed by atoms with E-state index in [2.05, 4.69) is 9.05 Å². The molecule has 0 amide bonds. The molecule has 0 atom stereocenters. The van der Waals surface area contributed by atoms with Gasteiger partial charge in [0.2, 0.25) is 0 Å². The molecule has 7 nitrogen and oxygen atoms in total. The molecule has 0 radical (unpaired) electrons. The fraction of sp³-hybridized carbons (Fsp3) is 0.667. The number of halogens is 2. The van der Waals surface area contributed by atoms with Crippen LogP contribution >= 0.6 is 31.5 Å². The van der Waals surface area contributed by atoms with Crippen LogP contribution in [-0.2, 0) is 23.2 Å². The largest absolute Gasteiger partial charge is 0.697 e. The molecule has 94 valence electrons. The van der Waals surface area contributed by atoms with Gasteiger partial charge in [-0.25, -0.2) is 9.59 Å². The smallest absolute Gasteiger partial charge is 0.473 e. The number of alkyl halides is 2. The lowest BCUT2D eigenvalue weighted by molar-refractivity contribution is -0.159. The molecule has 0 spiro atoms. The number of rotatable bonds is 6. The Morgan fingerprint density at radius 1 is 1.00 bits per heavy atom. The second-order valence-electron chi connectivity index (χ2n) is 1.88. The lowest BCUT2D eigenvalue weighted by atomic mass is 10.7. The van der Waals surface area contributed by atoms with E-state index >= 15 is 0 Å². The van der Waals surface area contributed by atoms with E-state index in [1.54, 1.807) is 0 Å². The third-order valence-electron chi connectivity index (χ3n) is 0.731. The van der Waals surface area contributed by atoms with Crippen LogP contribution in [-0.4, -0.2) is 47.1 Å². The van der Waals surface area contributed by atoms with Gasteiger partial charge in [0.25, 0.3) is 0 Å². The summed E-state index contributed by atoms with van der Waals surface area (Å²) < 4.78 is 19.7. The van der Waals surface area contributed by atoms with Crippen molar-refractivity contribution >= 4 is 43.4 Å². The minimum absolute atomic E-state index is 0.235. The molecule has 0 bridgehead atoms. The highest BCUT2D eigenvalue weighted by molar-refractivity contribution is 7.33. The summed E-state index contributed by atoms with van der Waals surface area (Å²) in [5, 5.41) is 14.8. The van der Waals surface area contributed by atoms with E-state index in [4.69, 9.17) is 43.0 Å². The van der Waals surface area contributed by atoms with Crippen LogP contribution in [0.15, 0.2) is 0 Å². The first-order valence-electron chi connectivity index (χ1n) is 3.77. The second-order valence-corrected chi connectivity index (χ2v) is 3.60. The van der Waals surface area contributed by atoms with E-state index in [9.17, 15) is 4.57 Å². The molecule has 0 aliphatic heterocycles. The molecule has 0 saturated heterocycles. The van der Waals surface area contributed by atoms with E-state index in [1.165, 1.54) is 0 Å². The van der Waals surface area contributed by atoms with Crippen LogP contribution < -0.4 is 0 Å². The fourth-order valence-electron chi connectivity index (χ4n) is 0.255. The molecular weight excluding hydrogens is 286 g/mol. The highest BCUT2D eigenvalue weighted by atomic mass is 35.5. The van der Waals surface area contributed by atoms with Crippen LogP contribution in [0.5, 0.6) is 0 Å². The van der Waals surface area contributed by atoms with Gasteiger partial charge in [-0.1, -0.05) is 0 Å². The predicted octanol–water partition coefficient (Wildman–Crippen LogP) is 1.31. The normalized spacial score (nSPS) is 8.88. The van der Waals surface area contributed by atoms with Crippen molar-refractivity contribution in [2.75, 3.05) is 25.0 Å². The molecule has 0 aliphatic rings. The second kappa shape index (κ2) is 12.6. The standard InChI is InChI=1S/C4H8Cl2O3P.C2H2O4/c5-1-3-8-10(7)9-4-2-6;3-1(4)2(5)6/h1-4H2;(H,3,4)(H,5,6)/q+1;. The van der Waals surface area contributed by atoms with Gasteiger partial charge in [0.05, 0.1) is 11.8 Å². The Hall–Kier alpha value is -0.460. The number of carboxylic acids is 2. The zero-order chi connectivity index (χ0) is 13.0. The molecule has 0 saturated carbocycles. The topological polar surface area (TPSA) is 110 Å². The van der Waals surface area contributed by atoms with Crippen LogP contribution in [0.25, 0.3) is 0 Å². The molecule has 0 aromatic heterocycles. The zero-order valence-corrected chi connectivity index (χ0v) is 10.4. The van der Waals surface area contributed by atoms with Crippen molar-refractivity contribution in [3.05, 3.63) is 0 Å². The molecule has 0 aliphatic carbocycles. The maximum absolute atomic E-state index is 10.5. The Morgan fingerprint density at radius 2 is 1.31 bits per heavy atom. The minimum Gasteiger partial charge on any atom is -0.473 e. The van der Waals surface area contributed by atoms with Crippen LogP contribution in [0.1, 0.15) is 0 Å². The van der Waals surface area contributed by atoms with Gasteiger partial charge in [-0.15, -0.1) is 32.2 Å². The first-order valence-corrected chi connectivity index (χ1v) is 5.93. The highest BCUT2D eigenvalue weighted by Gasteiger charge is 2.18. The third kappa shape index (κ3) is 16.0. The van der Waals surface area contributed by atoms with Gasteiger partial charge in [-0.3, -0.25) is 0 Å². The lowest BCUT2D eigenvalue weighted by Gasteiger charge is -1.84. The molecular formula is C6H10Cl2O7P+. The number of hydrogen-bond acceptors (Lipinski definition) is 5. The lowest BCUT2D eigenvalue weighted by Crippen LogP contribution is -2.09. The van der Waals surface area contributed by atoms with E-state index in [1.807, 2.05) is 0 Å². The monoisotopic (exact) mass is 295 g/mol. The summed E-state index contributed by atoms with van der Waals surface area (Å²) in [5.41, 5.74) is 0. The summed E-state index contributed by atoms with van der Waals surface area (Å²) in [5.74, 6) is -3.03. The van der Waals surface area contributed by atoms with E-state index < -0.39 is 20.2 Å². The summed E-state index contributed by atoms with van der Waals surface area (Å²) in [6.45, 7) is 0.470. The van der Waals surface area contributed by atoms with Crippen molar-refractivity contribution in [1.29, 1.82) is 0 Å². The molecule has 0 fully saturated rings. The van der Waals surface area contributed by atoms with Crippen molar-refractivity contribution in [1.82, 2.24) is 0 Å². The SMILES string of the molecule is O=C(O)C(=O)O.O=[P+](OCCCl)OCCCl. The van der Waals surface area contributed by atoms with Crippen LogP contribution in [0.4, 0.5) is 0 Å². The quantitative estimate of drug-likeness (QED) is 0.432. The average molecular weight is 296 g/mol. The number of hydrogen-bond donors (Lipinski definition) is 2. The number of carboxylic acid groups (broad SMARTS) is 2. The van der Waals surface area contributed by atoms with Crippen molar-refractivity contribution in [3.8, 4) is 0 Å². The van der Waals surface area contributed by atoms with Crippen LogP contribution in [0.2, 0.25) is 0 Å². The van der Waals surface area contributed by atoms with Gasteiger partial charge in [0, 0.05) is 4.57 Å². The number of carbonyl (C=O) groups is 2. The molecule has 0 unspecified atom stereocenters. The molecule has 2 N–H and O–H groups in total. The third-order valence-corrected chi connectivity index (χ3v) is 1.83. The summed E-state index contributed by atoms with van der Waals surface area (Å²) in [4.78, 5) is 18.2. The summed E-state index contributed by atoms with van der Waals surface area (Å²) in [6.07, 6.45) is 0.